The van der Waals surface area contributed by atoms with Gasteiger partial charge in [0.15, 0.2) is 5.82 Å². The summed E-state index contributed by atoms with van der Waals surface area (Å²) in [6, 6.07) is 6.72. The van der Waals surface area contributed by atoms with Gasteiger partial charge in [-0.25, -0.2) is 4.98 Å². The Balaban J connectivity index is 2.31. The summed E-state index contributed by atoms with van der Waals surface area (Å²) in [6.07, 6.45) is 0.131. The van der Waals surface area contributed by atoms with E-state index in [4.69, 9.17) is 9.47 Å². The van der Waals surface area contributed by atoms with Crippen LogP contribution in [-0.2, 0) is 6.18 Å². The van der Waals surface area contributed by atoms with Crippen LogP contribution in [-0.4, -0.2) is 30.7 Å². The van der Waals surface area contributed by atoms with Gasteiger partial charge in [0.2, 0.25) is 0 Å². The number of nitrogens with zero attached hydrogens (tertiary/aromatic N) is 3. The zero-order valence-electron chi connectivity index (χ0n) is 15.7. The molecule has 0 radical (unpaired) electrons. The van der Waals surface area contributed by atoms with E-state index in [0.717, 1.165) is 31.9 Å². The van der Waals surface area contributed by atoms with Crippen molar-refractivity contribution < 1.29 is 22.6 Å². The zero-order valence-corrected chi connectivity index (χ0v) is 15.7. The lowest BCUT2D eigenvalue weighted by Gasteiger charge is -2.24. The average Bonchev–Trinajstić information content (AvgIpc) is 2.66. The molecule has 0 aliphatic carbocycles. The lowest BCUT2D eigenvalue weighted by molar-refractivity contribution is -0.137. The first-order valence-corrected chi connectivity index (χ1v) is 8.82. The molecule has 1 aromatic carbocycles. The highest BCUT2D eigenvalue weighted by Gasteiger charge is 2.37. The molecule has 0 spiro atoms. The van der Waals surface area contributed by atoms with Crippen molar-refractivity contribution in [2.45, 2.75) is 38.8 Å². The Labute approximate surface area is 157 Å². The molecule has 0 saturated heterocycles. The van der Waals surface area contributed by atoms with Gasteiger partial charge in [-0.15, -0.1) is 0 Å². The normalized spacial score (nSPS) is 11.3. The van der Waals surface area contributed by atoms with Crippen LogP contribution in [0.3, 0.4) is 0 Å². The van der Waals surface area contributed by atoms with Gasteiger partial charge in [0.1, 0.15) is 11.3 Å². The van der Waals surface area contributed by atoms with Crippen LogP contribution >= 0.6 is 0 Å². The summed E-state index contributed by atoms with van der Waals surface area (Å²) >= 11 is 0. The van der Waals surface area contributed by atoms with E-state index < -0.39 is 11.7 Å². The van der Waals surface area contributed by atoms with Crippen molar-refractivity contribution in [3.63, 3.8) is 0 Å². The molecule has 2 rings (SSSR count). The topological polar surface area (TPSA) is 47.5 Å². The molecule has 1 heterocycles. The van der Waals surface area contributed by atoms with Gasteiger partial charge >= 0.3 is 12.2 Å². The molecule has 148 valence electrons. The Hall–Kier alpha value is -2.51. The van der Waals surface area contributed by atoms with Crippen molar-refractivity contribution in [2.75, 3.05) is 25.7 Å². The number of unbranched alkanes of at least 4 members (excludes halogenated alkanes) is 3. The molecule has 27 heavy (non-hydrogen) atoms. The highest BCUT2D eigenvalue weighted by Crippen LogP contribution is 2.39. The van der Waals surface area contributed by atoms with E-state index in [-0.39, 0.29) is 11.8 Å². The van der Waals surface area contributed by atoms with E-state index in [2.05, 4.69) is 16.9 Å². The number of hydrogen-bond donors (Lipinski definition) is 0. The molecule has 0 fully saturated rings. The number of ether oxygens (including phenoxy) is 2. The summed E-state index contributed by atoms with van der Waals surface area (Å²) in [6.45, 7) is 2.46. The number of rotatable bonds is 9. The van der Waals surface area contributed by atoms with Crippen LogP contribution in [0.5, 0.6) is 11.8 Å². The van der Waals surface area contributed by atoms with E-state index in [0.29, 0.717) is 18.0 Å². The molecule has 0 unspecified atom stereocenters. The molecule has 0 atom stereocenters. The lowest BCUT2D eigenvalue weighted by Crippen LogP contribution is -2.20. The summed E-state index contributed by atoms with van der Waals surface area (Å²) in [5.74, 6) is 0.152. The Morgan fingerprint density at radius 3 is 2.52 bits per heavy atom. The minimum Gasteiger partial charge on any atom is -0.495 e. The average molecular weight is 383 g/mol. The maximum Gasteiger partial charge on any atom is 0.421 e. The first-order chi connectivity index (χ1) is 12.9. The van der Waals surface area contributed by atoms with Gasteiger partial charge < -0.3 is 14.4 Å². The van der Waals surface area contributed by atoms with Crippen LogP contribution in [0.4, 0.5) is 24.7 Å². The minimum atomic E-state index is -4.59. The number of anilines is 2. The summed E-state index contributed by atoms with van der Waals surface area (Å²) in [4.78, 5) is 9.08. The van der Waals surface area contributed by atoms with Crippen LogP contribution in [0, 0.1) is 0 Å². The monoisotopic (exact) mass is 383 g/mol. The Morgan fingerprint density at radius 1 is 1.11 bits per heavy atom. The quantitative estimate of drug-likeness (QED) is 0.555. The van der Waals surface area contributed by atoms with Crippen molar-refractivity contribution in [2.24, 2.45) is 0 Å². The van der Waals surface area contributed by atoms with Crippen molar-refractivity contribution in [1.82, 2.24) is 9.97 Å². The third kappa shape index (κ3) is 5.48. The molecular formula is C19H24F3N3O2. The van der Waals surface area contributed by atoms with E-state index in [1.807, 2.05) is 0 Å². The predicted octanol–water partition coefficient (Wildman–Crippen LogP) is 5.23. The number of hydrogen-bond acceptors (Lipinski definition) is 5. The molecule has 0 aliphatic heterocycles. The van der Waals surface area contributed by atoms with Gasteiger partial charge in [0.25, 0.3) is 0 Å². The van der Waals surface area contributed by atoms with Crippen LogP contribution in [0.15, 0.2) is 30.5 Å². The summed E-state index contributed by atoms with van der Waals surface area (Å²) in [5.41, 5.74) is -0.479. The van der Waals surface area contributed by atoms with E-state index >= 15 is 0 Å². The van der Waals surface area contributed by atoms with Gasteiger partial charge in [-0.2, -0.15) is 18.2 Å². The second-order valence-electron chi connectivity index (χ2n) is 6.03. The van der Waals surface area contributed by atoms with Crippen LogP contribution in [0.25, 0.3) is 0 Å². The first kappa shape index (κ1) is 20.8. The van der Waals surface area contributed by atoms with Gasteiger partial charge in [-0.3, -0.25) is 0 Å². The summed E-state index contributed by atoms with van der Waals surface area (Å²) < 4.78 is 51.1. The molecule has 8 heteroatoms. The van der Waals surface area contributed by atoms with Gasteiger partial charge in [-0.05, 0) is 18.6 Å². The van der Waals surface area contributed by atoms with Crippen LogP contribution in [0.2, 0.25) is 0 Å². The van der Waals surface area contributed by atoms with Gasteiger partial charge in [0.05, 0.1) is 19.4 Å². The Bertz CT molecular complexity index is 738. The number of benzene rings is 1. The standard InChI is InChI=1S/C19H24F3N3O2/c1-4-5-6-9-12-27-18-23-13-14(19(20,21)22)17(24-18)25(2)15-10-7-8-11-16(15)26-3/h7-8,10-11,13H,4-6,9,12H2,1-3H3. The summed E-state index contributed by atoms with van der Waals surface area (Å²) in [7, 11) is 2.96. The fraction of sp³-hybridized carbons (Fsp3) is 0.474. The molecule has 0 bridgehead atoms. The molecular weight excluding hydrogens is 359 g/mol. The largest absolute Gasteiger partial charge is 0.495 e. The van der Waals surface area contributed by atoms with Crippen molar-refractivity contribution in [3.05, 3.63) is 36.0 Å². The second-order valence-corrected chi connectivity index (χ2v) is 6.03. The number of alkyl halides is 3. The van der Waals surface area contributed by atoms with E-state index in [1.165, 1.54) is 19.1 Å². The fourth-order valence-electron chi connectivity index (χ4n) is 2.60. The number of para-hydroxylation sites is 2. The molecule has 0 aliphatic rings. The molecule has 5 nitrogen and oxygen atoms in total. The minimum absolute atomic E-state index is 0.0729. The maximum absolute atomic E-state index is 13.5. The highest BCUT2D eigenvalue weighted by atomic mass is 19.4. The number of halogens is 3. The van der Waals surface area contributed by atoms with E-state index in [1.54, 1.807) is 24.3 Å². The fourth-order valence-corrected chi connectivity index (χ4v) is 2.60. The second kappa shape index (κ2) is 9.43. The van der Waals surface area contributed by atoms with E-state index in [9.17, 15) is 13.2 Å². The smallest absolute Gasteiger partial charge is 0.421 e. The third-order valence-electron chi connectivity index (χ3n) is 4.05. The van der Waals surface area contributed by atoms with Crippen LogP contribution < -0.4 is 14.4 Å². The first-order valence-electron chi connectivity index (χ1n) is 8.82. The molecule has 1 aromatic heterocycles. The Morgan fingerprint density at radius 2 is 1.85 bits per heavy atom. The van der Waals surface area contributed by atoms with Gasteiger partial charge in [-0.1, -0.05) is 38.3 Å². The molecule has 0 N–H and O–H groups in total. The summed E-state index contributed by atoms with van der Waals surface area (Å²) in [5, 5.41) is 0. The molecule has 0 amide bonds. The highest BCUT2D eigenvalue weighted by molar-refractivity contribution is 5.68. The number of aromatic nitrogens is 2. The number of methoxy groups -OCH3 is 1. The predicted molar refractivity (Wildman–Crippen MR) is 97.7 cm³/mol. The maximum atomic E-state index is 13.5. The van der Waals surface area contributed by atoms with Gasteiger partial charge in [0, 0.05) is 13.2 Å². The van der Waals surface area contributed by atoms with Crippen molar-refractivity contribution >= 4 is 11.5 Å². The molecule has 0 saturated carbocycles. The van der Waals surface area contributed by atoms with Crippen LogP contribution in [0.1, 0.15) is 38.2 Å². The van der Waals surface area contributed by atoms with Crippen molar-refractivity contribution in [1.29, 1.82) is 0 Å². The lowest BCUT2D eigenvalue weighted by atomic mass is 10.2. The zero-order chi connectivity index (χ0) is 19.9. The Kier molecular flexibility index (Phi) is 7.27. The molecule has 2 aromatic rings. The SMILES string of the molecule is CCCCCCOc1ncc(C(F)(F)F)c(N(C)c2ccccc2OC)n1. The van der Waals surface area contributed by atoms with Crippen molar-refractivity contribution in [3.8, 4) is 11.8 Å². The third-order valence-corrected chi connectivity index (χ3v) is 4.05.